The maximum Gasteiger partial charge on any atom is 0.104 e. The van der Waals surface area contributed by atoms with Gasteiger partial charge in [-0.15, -0.1) is 0 Å². The fraction of sp³-hybridized carbons (Fsp3) is 0.500. The minimum Gasteiger partial charge on any atom is -0.394 e. The summed E-state index contributed by atoms with van der Waals surface area (Å²) in [5.74, 6) is 0. The number of hydrogen-bond acceptors (Lipinski definition) is 2. The van der Waals surface area contributed by atoms with E-state index in [9.17, 15) is 0 Å². The lowest BCUT2D eigenvalue weighted by Gasteiger charge is -1.93. The van der Waals surface area contributed by atoms with Gasteiger partial charge in [-0.1, -0.05) is 43.7 Å². The molecule has 0 amide bonds. The Kier molecular flexibility index (Phi) is 5.27. The number of hydrogen-bond donors (Lipinski definition) is 1. The summed E-state index contributed by atoms with van der Waals surface area (Å²) in [6, 6.07) is 10.6. The zero-order valence-electron chi connectivity index (χ0n) is 8.65. The fourth-order valence-electron chi connectivity index (χ4n) is 1.11. The van der Waals surface area contributed by atoms with Gasteiger partial charge < -0.3 is 9.84 Å². The lowest BCUT2D eigenvalue weighted by molar-refractivity contribution is 0.244. The number of aliphatic hydroxyl groups excluding tert-OH is 1. The summed E-state index contributed by atoms with van der Waals surface area (Å²) >= 11 is 0. The molecule has 0 aromatic heterocycles. The zero-order valence-corrected chi connectivity index (χ0v) is 8.65. The lowest BCUT2D eigenvalue weighted by atomic mass is 10.1. The molecule has 0 radical (unpaired) electrons. The number of epoxide rings is 1. The van der Waals surface area contributed by atoms with E-state index in [1.54, 1.807) is 0 Å². The Morgan fingerprint density at radius 2 is 2.00 bits per heavy atom. The molecule has 0 saturated carbocycles. The molecule has 1 heterocycles. The van der Waals surface area contributed by atoms with Crippen molar-refractivity contribution >= 4 is 0 Å². The molecule has 2 nitrogen and oxygen atoms in total. The smallest absolute Gasteiger partial charge is 0.104 e. The first kappa shape index (κ1) is 11.2. The van der Waals surface area contributed by atoms with Gasteiger partial charge in [0.1, 0.15) is 6.10 Å². The number of rotatable bonds is 3. The predicted octanol–water partition coefficient (Wildman–Crippen LogP) is 2.02. The normalized spacial score (nSPS) is 18.3. The summed E-state index contributed by atoms with van der Waals surface area (Å²) in [5.41, 5.74) is 1.44. The van der Waals surface area contributed by atoms with Crippen molar-refractivity contribution in [3.8, 4) is 0 Å². The molecule has 1 saturated heterocycles. The second-order valence-electron chi connectivity index (χ2n) is 3.37. The third-order valence-corrected chi connectivity index (χ3v) is 1.99. The van der Waals surface area contributed by atoms with Crippen molar-refractivity contribution in [1.82, 2.24) is 0 Å². The molecular weight excluding hydrogens is 176 g/mol. The van der Waals surface area contributed by atoms with Gasteiger partial charge in [0.2, 0.25) is 0 Å². The van der Waals surface area contributed by atoms with E-state index in [1.807, 2.05) is 0 Å². The van der Waals surface area contributed by atoms with Gasteiger partial charge in [-0.2, -0.15) is 0 Å². The topological polar surface area (TPSA) is 32.8 Å². The molecule has 0 aliphatic carbocycles. The van der Waals surface area contributed by atoms with Gasteiger partial charge in [-0.25, -0.2) is 0 Å². The summed E-state index contributed by atoms with van der Waals surface area (Å²) in [5, 5.41) is 8.08. The third kappa shape index (κ3) is 5.00. The fourth-order valence-corrected chi connectivity index (χ4v) is 1.11. The van der Waals surface area contributed by atoms with E-state index in [0.717, 1.165) is 6.61 Å². The molecule has 1 aromatic rings. The molecule has 1 unspecified atom stereocenters. The second kappa shape index (κ2) is 6.57. The Labute approximate surface area is 85.5 Å². The lowest BCUT2D eigenvalue weighted by Crippen LogP contribution is -1.88. The van der Waals surface area contributed by atoms with Crippen LogP contribution in [0.3, 0.4) is 0 Å². The van der Waals surface area contributed by atoms with Crippen LogP contribution in [0.15, 0.2) is 30.3 Å². The van der Waals surface area contributed by atoms with Crippen LogP contribution in [-0.4, -0.2) is 24.4 Å². The van der Waals surface area contributed by atoms with Gasteiger partial charge in [-0.3, -0.25) is 0 Å². The second-order valence-corrected chi connectivity index (χ2v) is 3.37. The summed E-state index contributed by atoms with van der Waals surface area (Å²) in [4.78, 5) is 0. The standard InChI is InChI=1S/C9H12.C3H6O2/c1-2-6-9-7-4-3-5-8-9;4-1-3-2-5-3/h3-5,7-8H,2,6H2,1H3;3-4H,1-2H2. The van der Waals surface area contributed by atoms with E-state index in [2.05, 4.69) is 42.0 Å². The van der Waals surface area contributed by atoms with Gasteiger partial charge in [-0.05, 0) is 12.0 Å². The maximum absolute atomic E-state index is 8.08. The average molecular weight is 194 g/mol. The number of benzene rings is 1. The molecule has 2 heteroatoms. The molecule has 0 bridgehead atoms. The van der Waals surface area contributed by atoms with E-state index in [4.69, 9.17) is 5.11 Å². The Hall–Kier alpha value is -0.860. The van der Waals surface area contributed by atoms with Gasteiger partial charge in [0, 0.05) is 0 Å². The van der Waals surface area contributed by atoms with Crippen molar-refractivity contribution in [1.29, 1.82) is 0 Å². The SMILES string of the molecule is CCCc1ccccc1.OCC1CO1. The first-order chi connectivity index (χ1) is 6.86. The van der Waals surface area contributed by atoms with Gasteiger partial charge >= 0.3 is 0 Å². The van der Waals surface area contributed by atoms with Crippen LogP contribution in [0.5, 0.6) is 0 Å². The molecule has 0 spiro atoms. The molecule has 1 N–H and O–H groups in total. The van der Waals surface area contributed by atoms with Crippen molar-refractivity contribution in [3.63, 3.8) is 0 Å². The Morgan fingerprint density at radius 1 is 1.36 bits per heavy atom. The highest BCUT2D eigenvalue weighted by Crippen LogP contribution is 2.05. The Morgan fingerprint density at radius 3 is 2.36 bits per heavy atom. The number of aliphatic hydroxyl groups is 1. The number of ether oxygens (including phenoxy) is 1. The van der Waals surface area contributed by atoms with Crippen molar-refractivity contribution < 1.29 is 9.84 Å². The van der Waals surface area contributed by atoms with Crippen LogP contribution in [0.1, 0.15) is 18.9 Å². The molecule has 1 aliphatic heterocycles. The van der Waals surface area contributed by atoms with E-state index >= 15 is 0 Å². The monoisotopic (exact) mass is 194 g/mol. The quantitative estimate of drug-likeness (QED) is 0.747. The molecule has 1 aliphatic rings. The Balaban J connectivity index is 0.000000165. The van der Waals surface area contributed by atoms with Gasteiger partial charge in [0.05, 0.1) is 13.2 Å². The van der Waals surface area contributed by atoms with Gasteiger partial charge in [0.15, 0.2) is 0 Å². The summed E-state index contributed by atoms with van der Waals surface area (Å²) in [6.45, 7) is 3.16. The summed E-state index contributed by atoms with van der Waals surface area (Å²) in [6.07, 6.45) is 2.64. The largest absolute Gasteiger partial charge is 0.394 e. The highest BCUT2D eigenvalue weighted by molar-refractivity contribution is 5.14. The molecule has 14 heavy (non-hydrogen) atoms. The first-order valence-corrected chi connectivity index (χ1v) is 5.13. The molecule has 78 valence electrons. The van der Waals surface area contributed by atoms with Gasteiger partial charge in [0.25, 0.3) is 0 Å². The van der Waals surface area contributed by atoms with Crippen LogP contribution in [0.2, 0.25) is 0 Å². The summed E-state index contributed by atoms with van der Waals surface area (Å²) in [7, 11) is 0. The van der Waals surface area contributed by atoms with E-state index in [0.29, 0.717) is 0 Å². The molecule has 1 aromatic carbocycles. The first-order valence-electron chi connectivity index (χ1n) is 5.13. The van der Waals surface area contributed by atoms with Crippen LogP contribution in [0, 0.1) is 0 Å². The maximum atomic E-state index is 8.08. The third-order valence-electron chi connectivity index (χ3n) is 1.99. The van der Waals surface area contributed by atoms with Crippen LogP contribution in [0.25, 0.3) is 0 Å². The highest BCUT2D eigenvalue weighted by Gasteiger charge is 2.19. The Bertz CT molecular complexity index is 229. The van der Waals surface area contributed by atoms with Crippen molar-refractivity contribution in [2.24, 2.45) is 0 Å². The average Bonchev–Trinajstić information content (AvgIpc) is 3.04. The van der Waals surface area contributed by atoms with E-state index < -0.39 is 0 Å². The van der Waals surface area contributed by atoms with Crippen LogP contribution >= 0.6 is 0 Å². The van der Waals surface area contributed by atoms with Crippen LogP contribution < -0.4 is 0 Å². The van der Waals surface area contributed by atoms with Crippen LogP contribution in [-0.2, 0) is 11.2 Å². The minimum absolute atomic E-state index is 0.190. The van der Waals surface area contributed by atoms with Crippen molar-refractivity contribution in [2.45, 2.75) is 25.9 Å². The zero-order chi connectivity index (χ0) is 10.2. The van der Waals surface area contributed by atoms with E-state index in [-0.39, 0.29) is 12.7 Å². The number of aryl methyl sites for hydroxylation is 1. The van der Waals surface area contributed by atoms with Crippen molar-refractivity contribution in [2.75, 3.05) is 13.2 Å². The molecule has 2 rings (SSSR count). The summed E-state index contributed by atoms with van der Waals surface area (Å²) < 4.78 is 4.61. The van der Waals surface area contributed by atoms with Crippen LogP contribution in [0.4, 0.5) is 0 Å². The molecule has 1 atom stereocenters. The minimum atomic E-state index is 0.190. The molecular formula is C12H18O2. The van der Waals surface area contributed by atoms with E-state index in [1.165, 1.54) is 18.4 Å². The molecule has 1 fully saturated rings. The predicted molar refractivity (Wildman–Crippen MR) is 57.3 cm³/mol. The van der Waals surface area contributed by atoms with Crippen molar-refractivity contribution in [3.05, 3.63) is 35.9 Å². The highest BCUT2D eigenvalue weighted by atomic mass is 16.6.